The highest BCUT2D eigenvalue weighted by Gasteiger charge is 2.37. The average molecular weight is 521 g/mol. The topological polar surface area (TPSA) is 149 Å². The Labute approximate surface area is 215 Å². The normalized spacial score (nSPS) is 15.9. The van der Waals surface area contributed by atoms with Crippen LogP contribution in [0.3, 0.4) is 0 Å². The zero-order valence-electron chi connectivity index (χ0n) is 19.4. The minimum atomic E-state index is -1.36. The van der Waals surface area contributed by atoms with E-state index in [0.717, 1.165) is 23.7 Å². The van der Waals surface area contributed by atoms with Gasteiger partial charge in [0.1, 0.15) is 5.82 Å². The molecule has 13 heteroatoms. The van der Waals surface area contributed by atoms with Gasteiger partial charge in [0, 0.05) is 36.6 Å². The van der Waals surface area contributed by atoms with E-state index in [1.165, 1.54) is 10.7 Å². The first-order valence-corrected chi connectivity index (χ1v) is 12.0. The van der Waals surface area contributed by atoms with Gasteiger partial charge in [-0.2, -0.15) is 5.10 Å². The lowest BCUT2D eigenvalue weighted by atomic mass is 10.0. The van der Waals surface area contributed by atoms with Gasteiger partial charge in [-0.1, -0.05) is 11.6 Å². The lowest BCUT2D eigenvalue weighted by Crippen LogP contribution is -2.35. The number of carbonyl (C=O) groups is 2. The van der Waals surface area contributed by atoms with Gasteiger partial charge in [-0.3, -0.25) is 9.78 Å². The number of fused-ring (bicyclic) bond motifs is 2. The predicted molar refractivity (Wildman–Crippen MR) is 134 cm³/mol. The second-order valence-corrected chi connectivity index (χ2v) is 9.26. The van der Waals surface area contributed by atoms with E-state index in [1.54, 1.807) is 30.7 Å². The second kappa shape index (κ2) is 8.98. The van der Waals surface area contributed by atoms with Crippen molar-refractivity contribution >= 4 is 46.4 Å². The first kappa shape index (κ1) is 23.1. The number of anilines is 3. The van der Waals surface area contributed by atoms with Crippen LogP contribution in [0.1, 0.15) is 28.8 Å². The maximum Gasteiger partial charge on any atom is 0.414 e. The third kappa shape index (κ3) is 4.09. The largest absolute Gasteiger partial charge is 0.465 e. The summed E-state index contributed by atoms with van der Waals surface area (Å²) in [5.41, 5.74) is 3.31. The quantitative estimate of drug-likeness (QED) is 0.366. The summed E-state index contributed by atoms with van der Waals surface area (Å²) in [4.78, 5) is 41.3. The number of pyridine rings is 2. The lowest BCUT2D eigenvalue weighted by molar-refractivity contribution is 0.0764. The fraction of sp³-hybridized carbons (Fsp3) is 0.250. The predicted octanol–water partition coefficient (Wildman–Crippen LogP) is 3.18. The van der Waals surface area contributed by atoms with Crippen molar-refractivity contribution in [2.75, 3.05) is 23.3 Å². The average Bonchev–Trinajstić information content (AvgIpc) is 3.50. The number of carbonyl (C=O) groups excluding carboxylic acids is 1. The first-order chi connectivity index (χ1) is 17.9. The van der Waals surface area contributed by atoms with Crippen molar-refractivity contribution in [2.45, 2.75) is 25.5 Å². The summed E-state index contributed by atoms with van der Waals surface area (Å²) in [6, 6.07) is 5.29. The first-order valence-electron chi connectivity index (χ1n) is 11.6. The molecule has 3 N–H and O–H groups in total. The van der Waals surface area contributed by atoms with Crippen LogP contribution in [-0.4, -0.2) is 70.9 Å². The number of halogens is 1. The molecule has 1 saturated heterocycles. The minimum Gasteiger partial charge on any atom is -0.465 e. The molecule has 4 aromatic heterocycles. The molecule has 0 aromatic carbocycles. The van der Waals surface area contributed by atoms with E-state index in [1.807, 2.05) is 6.07 Å². The van der Waals surface area contributed by atoms with Crippen LogP contribution in [0, 0.1) is 0 Å². The molecule has 6 rings (SSSR count). The van der Waals surface area contributed by atoms with E-state index in [-0.39, 0.29) is 23.4 Å². The van der Waals surface area contributed by atoms with E-state index in [9.17, 15) is 19.8 Å². The molecule has 0 aliphatic carbocycles. The zero-order chi connectivity index (χ0) is 25.7. The van der Waals surface area contributed by atoms with Crippen molar-refractivity contribution in [3.63, 3.8) is 0 Å². The maximum atomic E-state index is 13.2. The van der Waals surface area contributed by atoms with Gasteiger partial charge >= 0.3 is 6.09 Å². The summed E-state index contributed by atoms with van der Waals surface area (Å²) in [5.74, 6) is -0.182. The number of aliphatic hydroxyl groups excluding tert-OH is 1. The van der Waals surface area contributed by atoms with Crippen LogP contribution in [0.5, 0.6) is 0 Å². The molecule has 0 unspecified atom stereocenters. The van der Waals surface area contributed by atoms with E-state index in [4.69, 9.17) is 11.6 Å². The summed E-state index contributed by atoms with van der Waals surface area (Å²) in [5, 5.41) is 26.9. The molecule has 2 amide bonds. The Kier molecular flexibility index (Phi) is 5.61. The molecule has 2 aliphatic heterocycles. The Morgan fingerprint density at radius 3 is 2.68 bits per heavy atom. The van der Waals surface area contributed by atoms with Crippen molar-refractivity contribution in [1.82, 2.24) is 29.5 Å². The van der Waals surface area contributed by atoms with Crippen molar-refractivity contribution < 1.29 is 19.8 Å². The molecule has 0 bridgehead atoms. The van der Waals surface area contributed by atoms with E-state index in [2.05, 4.69) is 30.3 Å². The Balaban J connectivity index is 1.37. The molecular weight excluding hydrogens is 500 g/mol. The SMILES string of the molecule is O=C(O)N1Cc2c(-c3cc(Cl)nn4ccnc34)ncc(Nc3ccc(N4CCC(O)CC4)cn3)c2C1=O. The molecule has 37 heavy (non-hydrogen) atoms. The number of amides is 2. The van der Waals surface area contributed by atoms with Crippen molar-refractivity contribution in [3.8, 4) is 11.3 Å². The summed E-state index contributed by atoms with van der Waals surface area (Å²) >= 11 is 6.21. The highest BCUT2D eigenvalue weighted by atomic mass is 35.5. The Bertz CT molecular complexity index is 1530. The molecule has 188 valence electrons. The van der Waals surface area contributed by atoms with E-state index >= 15 is 0 Å². The molecule has 4 aromatic rings. The Morgan fingerprint density at radius 2 is 1.95 bits per heavy atom. The van der Waals surface area contributed by atoms with Gasteiger partial charge in [-0.25, -0.2) is 24.2 Å². The monoisotopic (exact) mass is 520 g/mol. The number of nitrogens with one attached hydrogen (secondary N) is 1. The molecule has 0 saturated carbocycles. The van der Waals surface area contributed by atoms with Gasteiger partial charge in [0.25, 0.3) is 5.91 Å². The summed E-state index contributed by atoms with van der Waals surface area (Å²) in [6.07, 6.45) is 6.20. The summed E-state index contributed by atoms with van der Waals surface area (Å²) in [6.45, 7) is 1.33. The maximum absolute atomic E-state index is 13.2. The van der Waals surface area contributed by atoms with Crippen LogP contribution in [0.2, 0.25) is 5.15 Å². The fourth-order valence-electron chi connectivity index (χ4n) is 4.77. The van der Waals surface area contributed by atoms with Crippen LogP contribution in [0.25, 0.3) is 16.9 Å². The van der Waals surface area contributed by atoms with Gasteiger partial charge < -0.3 is 20.4 Å². The fourth-order valence-corrected chi connectivity index (χ4v) is 4.96. The van der Waals surface area contributed by atoms with Crippen LogP contribution in [-0.2, 0) is 6.54 Å². The summed E-state index contributed by atoms with van der Waals surface area (Å²) in [7, 11) is 0. The molecular formula is C24H21ClN8O4. The molecule has 0 spiro atoms. The highest BCUT2D eigenvalue weighted by Crippen LogP contribution is 2.38. The number of nitrogens with zero attached hydrogens (tertiary/aromatic N) is 7. The van der Waals surface area contributed by atoms with Gasteiger partial charge in [0.05, 0.1) is 47.7 Å². The lowest BCUT2D eigenvalue weighted by Gasteiger charge is -2.31. The number of aromatic nitrogens is 5. The molecule has 6 heterocycles. The number of hydrogen-bond donors (Lipinski definition) is 3. The van der Waals surface area contributed by atoms with E-state index in [0.29, 0.717) is 46.8 Å². The molecule has 2 aliphatic rings. The van der Waals surface area contributed by atoms with Crippen molar-refractivity contribution in [3.05, 3.63) is 59.3 Å². The third-order valence-electron chi connectivity index (χ3n) is 6.61. The van der Waals surface area contributed by atoms with Crippen molar-refractivity contribution in [1.29, 1.82) is 0 Å². The van der Waals surface area contributed by atoms with Crippen LogP contribution < -0.4 is 10.2 Å². The number of aliphatic hydroxyl groups is 1. The minimum absolute atomic E-state index is 0.165. The van der Waals surface area contributed by atoms with Crippen LogP contribution in [0.4, 0.5) is 22.0 Å². The molecule has 1 fully saturated rings. The number of imidazole rings is 1. The number of carboxylic acid groups (broad SMARTS) is 1. The number of hydrogen-bond acceptors (Lipinski definition) is 9. The van der Waals surface area contributed by atoms with Crippen LogP contribution in [0.15, 0.2) is 43.0 Å². The van der Waals surface area contributed by atoms with Crippen LogP contribution >= 0.6 is 11.6 Å². The second-order valence-electron chi connectivity index (χ2n) is 8.87. The molecule has 0 atom stereocenters. The molecule has 0 radical (unpaired) electrons. The van der Waals surface area contributed by atoms with E-state index < -0.39 is 12.0 Å². The third-order valence-corrected chi connectivity index (χ3v) is 6.80. The summed E-state index contributed by atoms with van der Waals surface area (Å²) < 4.78 is 1.50. The Hall–Kier alpha value is -4.29. The van der Waals surface area contributed by atoms with Gasteiger partial charge in [0.2, 0.25) is 0 Å². The number of imide groups is 1. The number of rotatable bonds is 4. The molecule has 12 nitrogen and oxygen atoms in total. The Morgan fingerprint density at radius 1 is 1.14 bits per heavy atom. The standard InChI is InChI=1S/C24H21ClN8O4/c25-18-9-15(22-26-5-8-33(22)30-18)21-16-12-32(24(36)37)23(35)20(16)17(11-28-21)29-19-2-1-13(10-27-19)31-6-3-14(34)4-7-31/h1-2,5,8-11,14,34H,3-4,6-7,12H2,(H,27,29)(H,36,37). The smallest absolute Gasteiger partial charge is 0.414 e. The highest BCUT2D eigenvalue weighted by molar-refractivity contribution is 6.29. The van der Waals surface area contributed by atoms with Gasteiger partial charge in [0.15, 0.2) is 10.8 Å². The number of piperidine rings is 1. The van der Waals surface area contributed by atoms with Crippen molar-refractivity contribution in [2.24, 2.45) is 0 Å². The van der Waals surface area contributed by atoms with Gasteiger partial charge in [-0.15, -0.1) is 0 Å². The van der Waals surface area contributed by atoms with Gasteiger partial charge in [-0.05, 0) is 31.0 Å². The zero-order valence-corrected chi connectivity index (χ0v) is 20.1.